The van der Waals surface area contributed by atoms with Gasteiger partial charge in [-0.15, -0.1) is 11.8 Å². The molecule has 0 saturated heterocycles. The first-order valence-electron chi connectivity index (χ1n) is 4.89. The molecule has 15 heavy (non-hydrogen) atoms. The standard InChI is InChI=1S/C10H15ClN2OS/c1-4-14-6-9-12-8(11)5-10(13-9)15-7(2)3/h5,7H,4,6H2,1-3H3. The van der Waals surface area contributed by atoms with Crippen LogP contribution in [0.5, 0.6) is 0 Å². The lowest BCUT2D eigenvalue weighted by molar-refractivity contribution is 0.128. The van der Waals surface area contributed by atoms with E-state index in [1.165, 1.54) is 0 Å². The Kier molecular flexibility index (Phi) is 5.36. The Labute approximate surface area is 99.6 Å². The van der Waals surface area contributed by atoms with Gasteiger partial charge >= 0.3 is 0 Å². The lowest BCUT2D eigenvalue weighted by Crippen LogP contribution is -2.01. The first-order chi connectivity index (χ1) is 7.11. The van der Waals surface area contributed by atoms with E-state index in [-0.39, 0.29) is 0 Å². The first kappa shape index (κ1) is 12.7. The summed E-state index contributed by atoms with van der Waals surface area (Å²) in [7, 11) is 0. The van der Waals surface area contributed by atoms with Gasteiger partial charge in [-0.2, -0.15) is 0 Å². The summed E-state index contributed by atoms with van der Waals surface area (Å²) in [4.78, 5) is 8.45. The van der Waals surface area contributed by atoms with E-state index in [0.29, 0.717) is 29.4 Å². The van der Waals surface area contributed by atoms with Gasteiger partial charge in [0.1, 0.15) is 16.8 Å². The molecule has 0 atom stereocenters. The van der Waals surface area contributed by atoms with Gasteiger partial charge in [-0.05, 0) is 6.92 Å². The lowest BCUT2D eigenvalue weighted by atomic mass is 10.6. The molecule has 84 valence electrons. The molecule has 0 aliphatic heterocycles. The number of thioether (sulfide) groups is 1. The summed E-state index contributed by atoms with van der Waals surface area (Å²) >= 11 is 7.56. The maximum Gasteiger partial charge on any atom is 0.156 e. The molecule has 0 radical (unpaired) electrons. The van der Waals surface area contributed by atoms with Gasteiger partial charge in [-0.1, -0.05) is 25.4 Å². The number of hydrogen-bond donors (Lipinski definition) is 0. The van der Waals surface area contributed by atoms with E-state index in [0.717, 1.165) is 5.03 Å². The third-order valence-corrected chi connectivity index (χ3v) is 2.63. The molecule has 1 rings (SSSR count). The fraction of sp³-hybridized carbons (Fsp3) is 0.600. The van der Waals surface area contributed by atoms with Crippen LogP contribution in [0.2, 0.25) is 5.15 Å². The summed E-state index contributed by atoms with van der Waals surface area (Å²) in [6, 6.07) is 1.78. The van der Waals surface area contributed by atoms with Crippen LogP contribution >= 0.6 is 23.4 Å². The Balaban J connectivity index is 2.75. The number of aromatic nitrogens is 2. The SMILES string of the molecule is CCOCc1nc(Cl)cc(SC(C)C)n1. The number of hydrogen-bond acceptors (Lipinski definition) is 4. The van der Waals surface area contributed by atoms with Crippen molar-refractivity contribution in [3.05, 3.63) is 17.0 Å². The molecule has 1 aromatic heterocycles. The van der Waals surface area contributed by atoms with E-state index in [1.807, 2.05) is 6.92 Å². The molecular formula is C10H15ClN2OS. The second-order valence-corrected chi connectivity index (χ2v) is 5.23. The van der Waals surface area contributed by atoms with Crippen molar-refractivity contribution in [2.45, 2.75) is 37.7 Å². The van der Waals surface area contributed by atoms with Gasteiger partial charge in [0.15, 0.2) is 5.82 Å². The summed E-state index contributed by atoms with van der Waals surface area (Å²) in [5, 5.41) is 1.86. The quantitative estimate of drug-likeness (QED) is 0.591. The van der Waals surface area contributed by atoms with Crippen LogP contribution in [0.15, 0.2) is 11.1 Å². The third kappa shape index (κ3) is 4.82. The van der Waals surface area contributed by atoms with Crippen LogP contribution in [0.25, 0.3) is 0 Å². The van der Waals surface area contributed by atoms with Crippen molar-refractivity contribution in [3.63, 3.8) is 0 Å². The van der Waals surface area contributed by atoms with Crippen molar-refractivity contribution in [2.24, 2.45) is 0 Å². The Hall–Kier alpha value is -0.320. The zero-order chi connectivity index (χ0) is 11.3. The maximum absolute atomic E-state index is 5.89. The van der Waals surface area contributed by atoms with Crippen molar-refractivity contribution in [1.29, 1.82) is 0 Å². The molecule has 1 aromatic rings. The fourth-order valence-electron chi connectivity index (χ4n) is 1.00. The second-order valence-electron chi connectivity index (χ2n) is 3.25. The maximum atomic E-state index is 5.89. The van der Waals surface area contributed by atoms with Crippen LogP contribution in [-0.2, 0) is 11.3 Å². The highest BCUT2D eigenvalue weighted by atomic mass is 35.5. The van der Waals surface area contributed by atoms with Gasteiger partial charge in [0.25, 0.3) is 0 Å². The smallest absolute Gasteiger partial charge is 0.156 e. The Bertz CT molecular complexity index is 320. The first-order valence-corrected chi connectivity index (χ1v) is 6.15. The third-order valence-electron chi connectivity index (χ3n) is 1.51. The molecule has 0 spiro atoms. The normalized spacial score (nSPS) is 11.0. The van der Waals surface area contributed by atoms with Crippen LogP contribution in [0, 0.1) is 0 Å². The van der Waals surface area contributed by atoms with E-state index in [1.54, 1.807) is 17.8 Å². The zero-order valence-corrected chi connectivity index (χ0v) is 10.7. The largest absolute Gasteiger partial charge is 0.374 e. The molecular weight excluding hydrogens is 232 g/mol. The Morgan fingerprint density at radius 3 is 2.80 bits per heavy atom. The number of rotatable bonds is 5. The average Bonchev–Trinajstić information content (AvgIpc) is 2.12. The minimum absolute atomic E-state index is 0.419. The number of nitrogens with zero attached hydrogens (tertiary/aromatic N) is 2. The summed E-state index contributed by atoms with van der Waals surface area (Å²) in [6.07, 6.45) is 0. The molecule has 0 bridgehead atoms. The van der Waals surface area contributed by atoms with Crippen molar-refractivity contribution < 1.29 is 4.74 Å². The minimum atomic E-state index is 0.419. The topological polar surface area (TPSA) is 35.0 Å². The molecule has 1 heterocycles. The van der Waals surface area contributed by atoms with Crippen molar-refractivity contribution in [3.8, 4) is 0 Å². The molecule has 0 aliphatic carbocycles. The molecule has 0 aromatic carbocycles. The van der Waals surface area contributed by atoms with E-state index < -0.39 is 0 Å². The summed E-state index contributed by atoms with van der Waals surface area (Å²) in [6.45, 7) is 7.24. The van der Waals surface area contributed by atoms with Gasteiger partial charge in [0, 0.05) is 17.9 Å². The van der Waals surface area contributed by atoms with Gasteiger partial charge in [-0.3, -0.25) is 0 Å². The number of halogens is 1. The molecule has 0 saturated carbocycles. The van der Waals surface area contributed by atoms with Crippen LogP contribution in [0.1, 0.15) is 26.6 Å². The molecule has 3 nitrogen and oxygen atoms in total. The molecule has 0 N–H and O–H groups in total. The summed E-state index contributed by atoms with van der Waals surface area (Å²) < 4.78 is 5.24. The van der Waals surface area contributed by atoms with Gasteiger partial charge in [0.05, 0.1) is 0 Å². The molecule has 0 unspecified atom stereocenters. The second kappa shape index (κ2) is 6.30. The van der Waals surface area contributed by atoms with Crippen molar-refractivity contribution in [1.82, 2.24) is 9.97 Å². The van der Waals surface area contributed by atoms with Gasteiger partial charge in [0.2, 0.25) is 0 Å². The Morgan fingerprint density at radius 1 is 1.47 bits per heavy atom. The van der Waals surface area contributed by atoms with Crippen LogP contribution < -0.4 is 0 Å². The monoisotopic (exact) mass is 246 g/mol. The van der Waals surface area contributed by atoms with Crippen molar-refractivity contribution in [2.75, 3.05) is 6.61 Å². The predicted molar refractivity (Wildman–Crippen MR) is 63.4 cm³/mol. The van der Waals surface area contributed by atoms with E-state index >= 15 is 0 Å². The fourth-order valence-corrected chi connectivity index (χ4v) is 2.09. The highest BCUT2D eigenvalue weighted by Gasteiger charge is 2.05. The van der Waals surface area contributed by atoms with Crippen LogP contribution in [0.3, 0.4) is 0 Å². The molecule has 0 aliphatic rings. The lowest BCUT2D eigenvalue weighted by Gasteiger charge is -2.06. The molecule has 0 amide bonds. The highest BCUT2D eigenvalue weighted by molar-refractivity contribution is 7.99. The molecule has 0 fully saturated rings. The summed E-state index contributed by atoms with van der Waals surface area (Å²) in [5.74, 6) is 0.646. The molecule has 5 heteroatoms. The predicted octanol–water partition coefficient (Wildman–Crippen LogP) is 3.17. The number of ether oxygens (including phenoxy) is 1. The van der Waals surface area contributed by atoms with Gasteiger partial charge in [-0.25, -0.2) is 9.97 Å². The summed E-state index contributed by atoms with van der Waals surface area (Å²) in [5.41, 5.74) is 0. The van der Waals surface area contributed by atoms with E-state index in [4.69, 9.17) is 16.3 Å². The Morgan fingerprint density at radius 2 is 2.20 bits per heavy atom. The van der Waals surface area contributed by atoms with Crippen LogP contribution in [-0.4, -0.2) is 21.8 Å². The van der Waals surface area contributed by atoms with E-state index in [9.17, 15) is 0 Å². The van der Waals surface area contributed by atoms with E-state index in [2.05, 4.69) is 23.8 Å². The van der Waals surface area contributed by atoms with Crippen molar-refractivity contribution >= 4 is 23.4 Å². The van der Waals surface area contributed by atoms with Crippen LogP contribution in [0.4, 0.5) is 0 Å². The van der Waals surface area contributed by atoms with Gasteiger partial charge < -0.3 is 4.74 Å². The minimum Gasteiger partial charge on any atom is -0.374 e. The average molecular weight is 247 g/mol. The highest BCUT2D eigenvalue weighted by Crippen LogP contribution is 2.22. The zero-order valence-electron chi connectivity index (χ0n) is 9.16.